The summed E-state index contributed by atoms with van der Waals surface area (Å²) in [4.78, 5) is 0. The predicted molar refractivity (Wildman–Crippen MR) is 90.1 cm³/mol. The number of fused-ring (bicyclic) bond motifs is 3. The molecule has 1 saturated carbocycles. The first-order chi connectivity index (χ1) is 10.3. The molecular formula is C20H30O2. The van der Waals surface area contributed by atoms with Gasteiger partial charge in [0.25, 0.3) is 0 Å². The van der Waals surface area contributed by atoms with Crippen LogP contribution in [0.4, 0.5) is 0 Å². The molecule has 4 unspecified atom stereocenters. The summed E-state index contributed by atoms with van der Waals surface area (Å²) in [5, 5.41) is 20.5. The standard InChI is InChI=1S/C20H30O2/c1-13(2)14-5-7-16-15(11-14)6-8-17-19(16,3)10-9-18(22)20(17,4)12-21/h5,7,11,13,17-18,21-22H,6,8-10,12H2,1-4H3. The van der Waals surface area contributed by atoms with Gasteiger partial charge in [-0.25, -0.2) is 0 Å². The third-order valence-corrected chi connectivity index (χ3v) is 6.72. The lowest BCUT2D eigenvalue weighted by molar-refractivity contribution is -0.110. The van der Waals surface area contributed by atoms with E-state index in [2.05, 4.69) is 45.9 Å². The van der Waals surface area contributed by atoms with Crippen molar-refractivity contribution in [2.75, 3.05) is 6.61 Å². The maximum absolute atomic E-state index is 10.5. The van der Waals surface area contributed by atoms with Gasteiger partial charge in [-0.05, 0) is 59.6 Å². The summed E-state index contributed by atoms with van der Waals surface area (Å²) in [6.07, 6.45) is 3.56. The Bertz CT molecular complexity index is 565. The van der Waals surface area contributed by atoms with E-state index in [9.17, 15) is 10.2 Å². The molecule has 2 aliphatic carbocycles. The van der Waals surface area contributed by atoms with Crippen molar-refractivity contribution < 1.29 is 10.2 Å². The topological polar surface area (TPSA) is 40.5 Å². The Morgan fingerprint density at radius 3 is 2.59 bits per heavy atom. The summed E-state index contributed by atoms with van der Waals surface area (Å²) in [5.41, 5.74) is 4.07. The third kappa shape index (κ3) is 2.15. The van der Waals surface area contributed by atoms with Crippen molar-refractivity contribution in [2.24, 2.45) is 11.3 Å². The summed E-state index contributed by atoms with van der Waals surface area (Å²) in [6.45, 7) is 9.00. The lowest BCUT2D eigenvalue weighted by atomic mass is 9.49. The molecule has 3 rings (SSSR count). The fourth-order valence-electron chi connectivity index (χ4n) is 5.12. The van der Waals surface area contributed by atoms with E-state index in [1.165, 1.54) is 16.7 Å². The first-order valence-electron chi connectivity index (χ1n) is 8.75. The first kappa shape index (κ1) is 16.0. The van der Waals surface area contributed by atoms with Gasteiger partial charge in [-0.3, -0.25) is 0 Å². The zero-order chi connectivity index (χ0) is 16.1. The second-order valence-electron chi connectivity index (χ2n) is 8.30. The Hall–Kier alpha value is -0.860. The van der Waals surface area contributed by atoms with Crippen LogP contribution in [0.2, 0.25) is 0 Å². The number of rotatable bonds is 2. The minimum Gasteiger partial charge on any atom is -0.396 e. The zero-order valence-electron chi connectivity index (χ0n) is 14.4. The van der Waals surface area contributed by atoms with E-state index in [-0.39, 0.29) is 23.5 Å². The average Bonchev–Trinajstić information content (AvgIpc) is 2.51. The molecule has 2 nitrogen and oxygen atoms in total. The van der Waals surface area contributed by atoms with Crippen molar-refractivity contribution in [3.63, 3.8) is 0 Å². The molecule has 0 bridgehead atoms. The highest BCUT2D eigenvalue weighted by molar-refractivity contribution is 5.42. The molecular weight excluding hydrogens is 272 g/mol. The van der Waals surface area contributed by atoms with Crippen LogP contribution in [0.1, 0.15) is 69.6 Å². The average molecular weight is 302 g/mol. The molecule has 1 aromatic carbocycles. The lowest BCUT2D eigenvalue weighted by Gasteiger charge is -2.56. The van der Waals surface area contributed by atoms with Gasteiger partial charge in [-0.15, -0.1) is 0 Å². The van der Waals surface area contributed by atoms with Gasteiger partial charge in [0.1, 0.15) is 0 Å². The molecule has 1 fully saturated rings. The molecule has 2 heteroatoms. The maximum atomic E-state index is 10.5. The predicted octanol–water partition coefficient (Wildman–Crippen LogP) is 3.78. The van der Waals surface area contributed by atoms with Crippen LogP contribution < -0.4 is 0 Å². The second-order valence-corrected chi connectivity index (χ2v) is 8.30. The summed E-state index contributed by atoms with van der Waals surface area (Å²) in [5.74, 6) is 0.915. The van der Waals surface area contributed by atoms with Gasteiger partial charge in [0.05, 0.1) is 12.7 Å². The molecule has 0 aliphatic heterocycles. The van der Waals surface area contributed by atoms with Gasteiger partial charge >= 0.3 is 0 Å². The van der Waals surface area contributed by atoms with Crippen LogP contribution in [0.5, 0.6) is 0 Å². The summed E-state index contributed by atoms with van der Waals surface area (Å²) >= 11 is 0. The first-order valence-corrected chi connectivity index (χ1v) is 8.75. The summed E-state index contributed by atoms with van der Waals surface area (Å²) in [6, 6.07) is 6.99. The molecule has 122 valence electrons. The van der Waals surface area contributed by atoms with E-state index in [0.717, 1.165) is 25.7 Å². The smallest absolute Gasteiger partial charge is 0.0619 e. The number of aliphatic hydroxyl groups is 2. The largest absolute Gasteiger partial charge is 0.396 e. The van der Waals surface area contributed by atoms with Crippen molar-refractivity contribution in [1.82, 2.24) is 0 Å². The van der Waals surface area contributed by atoms with E-state index in [1.54, 1.807) is 0 Å². The van der Waals surface area contributed by atoms with Crippen molar-refractivity contribution in [1.29, 1.82) is 0 Å². The Morgan fingerprint density at radius 2 is 1.95 bits per heavy atom. The van der Waals surface area contributed by atoms with Gasteiger partial charge in [-0.1, -0.05) is 45.9 Å². The van der Waals surface area contributed by atoms with E-state index in [4.69, 9.17) is 0 Å². The van der Waals surface area contributed by atoms with E-state index >= 15 is 0 Å². The van der Waals surface area contributed by atoms with E-state index in [0.29, 0.717) is 11.8 Å². The molecule has 2 aliphatic rings. The van der Waals surface area contributed by atoms with Gasteiger partial charge in [0.2, 0.25) is 0 Å². The lowest BCUT2D eigenvalue weighted by Crippen LogP contribution is -2.56. The molecule has 2 N–H and O–H groups in total. The van der Waals surface area contributed by atoms with Crippen LogP contribution in [0, 0.1) is 11.3 Å². The van der Waals surface area contributed by atoms with Crippen LogP contribution in [-0.4, -0.2) is 22.9 Å². The number of benzene rings is 1. The third-order valence-electron chi connectivity index (χ3n) is 6.72. The van der Waals surface area contributed by atoms with Gasteiger partial charge in [0, 0.05) is 5.41 Å². The zero-order valence-corrected chi connectivity index (χ0v) is 14.4. The number of aliphatic hydroxyl groups excluding tert-OH is 2. The van der Waals surface area contributed by atoms with Crippen molar-refractivity contribution >= 4 is 0 Å². The van der Waals surface area contributed by atoms with E-state index in [1.807, 2.05) is 0 Å². The highest BCUT2D eigenvalue weighted by atomic mass is 16.3. The van der Waals surface area contributed by atoms with Gasteiger partial charge < -0.3 is 10.2 Å². The SMILES string of the molecule is CC(C)c1ccc2c(c1)CCC1C2(C)CCC(O)C1(C)CO. The number of hydrogen-bond acceptors (Lipinski definition) is 2. The fraction of sp³-hybridized carbons (Fsp3) is 0.700. The van der Waals surface area contributed by atoms with Gasteiger partial charge in [0.15, 0.2) is 0 Å². The van der Waals surface area contributed by atoms with Crippen LogP contribution in [0.15, 0.2) is 18.2 Å². The molecule has 1 aromatic rings. The Balaban J connectivity index is 2.06. The van der Waals surface area contributed by atoms with Gasteiger partial charge in [-0.2, -0.15) is 0 Å². The molecule has 0 heterocycles. The Labute approximate surface area is 134 Å². The number of aryl methyl sites for hydroxylation is 1. The van der Waals surface area contributed by atoms with Crippen molar-refractivity contribution in [2.45, 2.75) is 70.8 Å². The Kier molecular flexibility index (Phi) is 3.89. The molecule has 0 amide bonds. The van der Waals surface area contributed by atoms with Crippen LogP contribution in [0.3, 0.4) is 0 Å². The summed E-state index contributed by atoms with van der Waals surface area (Å²) < 4.78 is 0. The molecule has 0 spiro atoms. The highest BCUT2D eigenvalue weighted by Crippen LogP contribution is 2.57. The molecule has 22 heavy (non-hydrogen) atoms. The minimum atomic E-state index is -0.382. The molecule has 0 saturated heterocycles. The summed E-state index contributed by atoms with van der Waals surface area (Å²) in [7, 11) is 0. The normalized spacial score (nSPS) is 37.8. The number of hydrogen-bond donors (Lipinski definition) is 2. The maximum Gasteiger partial charge on any atom is 0.0619 e. The fourth-order valence-corrected chi connectivity index (χ4v) is 5.12. The van der Waals surface area contributed by atoms with Crippen molar-refractivity contribution in [3.8, 4) is 0 Å². The molecule has 4 atom stereocenters. The minimum absolute atomic E-state index is 0.0772. The second kappa shape index (κ2) is 5.35. The Morgan fingerprint density at radius 1 is 1.23 bits per heavy atom. The van der Waals surface area contributed by atoms with Crippen molar-refractivity contribution in [3.05, 3.63) is 34.9 Å². The van der Waals surface area contributed by atoms with Crippen LogP contribution in [-0.2, 0) is 11.8 Å². The quantitative estimate of drug-likeness (QED) is 0.873. The molecule has 0 aromatic heterocycles. The van der Waals surface area contributed by atoms with Crippen LogP contribution in [0.25, 0.3) is 0 Å². The van der Waals surface area contributed by atoms with Crippen LogP contribution >= 0.6 is 0 Å². The highest BCUT2D eigenvalue weighted by Gasteiger charge is 2.55. The monoisotopic (exact) mass is 302 g/mol. The molecule has 0 radical (unpaired) electrons. The van der Waals surface area contributed by atoms with E-state index < -0.39 is 0 Å².